The first-order valence-electron chi connectivity index (χ1n) is 7.38. The van der Waals surface area contributed by atoms with E-state index in [2.05, 4.69) is 10.4 Å². The number of alkyl halides is 1. The van der Waals surface area contributed by atoms with Crippen LogP contribution in [-0.2, 0) is 11.3 Å². The van der Waals surface area contributed by atoms with Gasteiger partial charge in [0.1, 0.15) is 12.5 Å². The number of anilines is 1. The van der Waals surface area contributed by atoms with Crippen molar-refractivity contribution in [2.75, 3.05) is 12.0 Å². The molecule has 2 aromatic rings. The Hall–Kier alpha value is -2.17. The van der Waals surface area contributed by atoms with Crippen LogP contribution < -0.4 is 5.32 Å². The topological polar surface area (TPSA) is 46.9 Å². The highest BCUT2D eigenvalue weighted by Crippen LogP contribution is 2.29. The van der Waals surface area contributed by atoms with Gasteiger partial charge in [-0.25, -0.2) is 9.07 Å². The van der Waals surface area contributed by atoms with Crippen molar-refractivity contribution in [3.05, 3.63) is 36.5 Å². The van der Waals surface area contributed by atoms with Crippen molar-refractivity contribution in [3.8, 4) is 11.1 Å². The summed E-state index contributed by atoms with van der Waals surface area (Å²) < 4.78 is 14.2. The van der Waals surface area contributed by atoms with E-state index in [9.17, 15) is 9.18 Å². The summed E-state index contributed by atoms with van der Waals surface area (Å²) in [5, 5.41) is 7.09. The lowest BCUT2D eigenvalue weighted by Gasteiger charge is -2.18. The van der Waals surface area contributed by atoms with E-state index in [0.717, 1.165) is 11.1 Å². The summed E-state index contributed by atoms with van der Waals surface area (Å²) in [6, 6.07) is 9.64. The van der Waals surface area contributed by atoms with Gasteiger partial charge in [-0.3, -0.25) is 4.79 Å². The van der Waals surface area contributed by atoms with Crippen LogP contribution >= 0.6 is 0 Å². The lowest BCUT2D eigenvalue weighted by atomic mass is 9.92. The molecule has 5 heteroatoms. The number of aromatic nitrogens is 2. The molecule has 2 rings (SSSR count). The molecule has 1 N–H and O–H groups in total. The third-order valence-electron chi connectivity index (χ3n) is 3.17. The molecule has 0 aliphatic heterocycles. The first kappa shape index (κ1) is 16.2. The van der Waals surface area contributed by atoms with Gasteiger partial charge in [0.2, 0.25) is 5.91 Å². The van der Waals surface area contributed by atoms with E-state index in [4.69, 9.17) is 0 Å². The lowest BCUT2D eigenvalue weighted by molar-refractivity contribution is -0.117. The number of carbonyl (C=O) groups excluding carboxylic acids is 1. The monoisotopic (exact) mass is 303 g/mol. The van der Waals surface area contributed by atoms with Crippen LogP contribution in [-0.4, -0.2) is 22.4 Å². The quantitative estimate of drug-likeness (QED) is 0.910. The summed E-state index contributed by atoms with van der Waals surface area (Å²) in [5.74, 6) is 0.461. The Morgan fingerprint density at radius 2 is 1.95 bits per heavy atom. The third-order valence-corrected chi connectivity index (χ3v) is 3.17. The average molecular weight is 303 g/mol. The van der Waals surface area contributed by atoms with Gasteiger partial charge in [0.05, 0.1) is 12.7 Å². The van der Waals surface area contributed by atoms with E-state index in [1.54, 1.807) is 6.20 Å². The molecule has 0 unspecified atom stereocenters. The van der Waals surface area contributed by atoms with Gasteiger partial charge in [-0.05, 0) is 11.0 Å². The first-order valence-corrected chi connectivity index (χ1v) is 7.38. The predicted octanol–water partition coefficient (Wildman–Crippen LogP) is 3.89. The maximum atomic E-state index is 12.7. The zero-order valence-electron chi connectivity index (χ0n) is 13.3. The molecule has 0 aliphatic carbocycles. The highest BCUT2D eigenvalue weighted by atomic mass is 19.1. The average Bonchev–Trinajstić information content (AvgIpc) is 2.81. The number of benzene rings is 1. The van der Waals surface area contributed by atoms with Crippen molar-refractivity contribution >= 4 is 11.7 Å². The van der Waals surface area contributed by atoms with Crippen molar-refractivity contribution in [3.63, 3.8) is 0 Å². The summed E-state index contributed by atoms with van der Waals surface area (Å²) in [6.45, 7) is 5.60. The summed E-state index contributed by atoms with van der Waals surface area (Å²) in [4.78, 5) is 12.2. The molecule has 118 valence electrons. The molecule has 22 heavy (non-hydrogen) atoms. The molecular formula is C17H22FN3O. The Bertz CT molecular complexity index is 629. The van der Waals surface area contributed by atoms with Crippen LogP contribution in [0.25, 0.3) is 11.1 Å². The molecule has 1 aromatic heterocycles. The Morgan fingerprint density at radius 1 is 1.27 bits per heavy atom. The van der Waals surface area contributed by atoms with Crippen LogP contribution in [0.1, 0.15) is 27.2 Å². The van der Waals surface area contributed by atoms with Crippen molar-refractivity contribution < 1.29 is 9.18 Å². The van der Waals surface area contributed by atoms with Crippen LogP contribution in [0.15, 0.2) is 36.5 Å². The van der Waals surface area contributed by atoms with E-state index in [-0.39, 0.29) is 17.9 Å². The van der Waals surface area contributed by atoms with E-state index in [0.29, 0.717) is 12.2 Å². The maximum Gasteiger partial charge on any atom is 0.226 e. The zero-order valence-corrected chi connectivity index (χ0v) is 13.3. The van der Waals surface area contributed by atoms with Crippen LogP contribution in [0, 0.1) is 5.41 Å². The number of hydrogen-bond acceptors (Lipinski definition) is 2. The Morgan fingerprint density at radius 3 is 2.55 bits per heavy atom. The van der Waals surface area contributed by atoms with Crippen molar-refractivity contribution in [2.24, 2.45) is 5.41 Å². The van der Waals surface area contributed by atoms with E-state index < -0.39 is 6.67 Å². The molecule has 0 aliphatic rings. The van der Waals surface area contributed by atoms with Crippen molar-refractivity contribution in [2.45, 2.75) is 33.7 Å². The van der Waals surface area contributed by atoms with Gasteiger partial charge in [0, 0.05) is 12.0 Å². The number of hydrogen-bond donors (Lipinski definition) is 1. The van der Waals surface area contributed by atoms with Gasteiger partial charge in [-0.1, -0.05) is 51.1 Å². The summed E-state index contributed by atoms with van der Waals surface area (Å²) in [5.41, 5.74) is 1.64. The van der Waals surface area contributed by atoms with Crippen LogP contribution in [0.3, 0.4) is 0 Å². The lowest BCUT2D eigenvalue weighted by Crippen LogP contribution is -2.22. The van der Waals surface area contributed by atoms with Crippen LogP contribution in [0.4, 0.5) is 10.2 Å². The SMILES string of the molecule is CC(C)(C)CC(=O)Nc1c(-c2ccccc2)cnn1CCF. The second kappa shape index (κ2) is 6.73. The van der Waals surface area contributed by atoms with Crippen molar-refractivity contribution in [1.82, 2.24) is 9.78 Å². The summed E-state index contributed by atoms with van der Waals surface area (Å²) in [7, 11) is 0. The minimum atomic E-state index is -0.530. The molecule has 0 atom stereocenters. The molecule has 0 fully saturated rings. The fourth-order valence-corrected chi connectivity index (χ4v) is 2.25. The number of halogens is 1. The smallest absolute Gasteiger partial charge is 0.226 e. The minimum Gasteiger partial charge on any atom is -0.310 e. The Balaban J connectivity index is 2.31. The van der Waals surface area contributed by atoms with E-state index in [1.807, 2.05) is 51.1 Å². The van der Waals surface area contributed by atoms with Gasteiger partial charge in [-0.15, -0.1) is 0 Å². The minimum absolute atomic E-state index is 0.0923. The normalized spacial score (nSPS) is 11.5. The number of rotatable bonds is 5. The molecule has 1 amide bonds. The molecular weight excluding hydrogens is 281 g/mol. The maximum absolute atomic E-state index is 12.7. The Kier molecular flexibility index (Phi) is 4.96. The van der Waals surface area contributed by atoms with Crippen LogP contribution in [0.5, 0.6) is 0 Å². The molecule has 0 spiro atoms. The van der Waals surface area contributed by atoms with Gasteiger partial charge in [0.15, 0.2) is 0 Å². The van der Waals surface area contributed by atoms with Crippen LogP contribution in [0.2, 0.25) is 0 Å². The Labute approximate surface area is 130 Å². The predicted molar refractivity (Wildman–Crippen MR) is 86.3 cm³/mol. The first-order chi connectivity index (χ1) is 10.4. The number of nitrogens with zero attached hydrogens (tertiary/aromatic N) is 2. The second-order valence-electron chi connectivity index (χ2n) is 6.47. The van der Waals surface area contributed by atoms with Crippen molar-refractivity contribution in [1.29, 1.82) is 0 Å². The fraction of sp³-hybridized carbons (Fsp3) is 0.412. The molecule has 0 saturated carbocycles. The van der Waals surface area contributed by atoms with E-state index in [1.165, 1.54) is 4.68 Å². The molecule has 0 saturated heterocycles. The third kappa shape index (κ3) is 4.16. The van der Waals surface area contributed by atoms with Gasteiger partial charge in [0.25, 0.3) is 0 Å². The summed E-state index contributed by atoms with van der Waals surface area (Å²) >= 11 is 0. The molecule has 1 heterocycles. The second-order valence-corrected chi connectivity index (χ2v) is 6.47. The zero-order chi connectivity index (χ0) is 16.2. The molecule has 0 radical (unpaired) electrons. The summed E-state index contributed by atoms with van der Waals surface area (Å²) in [6.07, 6.45) is 2.06. The fourth-order valence-electron chi connectivity index (χ4n) is 2.25. The standard InChI is InChI=1S/C17H22FN3O/c1-17(2,3)11-15(22)20-16-14(12-19-21(16)10-9-18)13-7-5-4-6-8-13/h4-8,12H,9-11H2,1-3H3,(H,20,22). The molecule has 0 bridgehead atoms. The molecule has 1 aromatic carbocycles. The van der Waals surface area contributed by atoms with Gasteiger partial charge < -0.3 is 5.32 Å². The highest BCUT2D eigenvalue weighted by Gasteiger charge is 2.19. The number of carbonyl (C=O) groups is 1. The van der Waals surface area contributed by atoms with E-state index >= 15 is 0 Å². The highest BCUT2D eigenvalue weighted by molar-refractivity contribution is 5.94. The number of amides is 1. The van der Waals surface area contributed by atoms with Gasteiger partial charge in [-0.2, -0.15) is 5.10 Å². The molecule has 4 nitrogen and oxygen atoms in total. The number of aryl methyl sites for hydroxylation is 1. The number of nitrogens with one attached hydrogen (secondary N) is 1. The van der Waals surface area contributed by atoms with Gasteiger partial charge >= 0.3 is 0 Å². The largest absolute Gasteiger partial charge is 0.310 e.